The van der Waals surface area contributed by atoms with Gasteiger partial charge in [-0.05, 0) is 18.4 Å². The minimum atomic E-state index is -0.0175. The van der Waals surface area contributed by atoms with E-state index >= 15 is 0 Å². The van der Waals surface area contributed by atoms with Gasteiger partial charge >= 0.3 is 0 Å². The van der Waals surface area contributed by atoms with E-state index in [9.17, 15) is 9.59 Å². The molecule has 1 heterocycles. The summed E-state index contributed by atoms with van der Waals surface area (Å²) in [4.78, 5) is 27.8. The quantitative estimate of drug-likeness (QED) is 0.770. The fourth-order valence-corrected chi connectivity index (χ4v) is 2.59. The van der Waals surface area contributed by atoms with Crippen molar-refractivity contribution in [2.45, 2.75) is 25.8 Å². The number of hydrogen-bond donors (Lipinski definition) is 0. The number of carbonyl (C=O) groups excluding carboxylic acids is 2. The van der Waals surface area contributed by atoms with Crippen molar-refractivity contribution in [3.05, 3.63) is 35.9 Å². The molecule has 1 saturated heterocycles. The van der Waals surface area contributed by atoms with E-state index in [0.29, 0.717) is 32.7 Å². The van der Waals surface area contributed by atoms with Gasteiger partial charge in [0.1, 0.15) is 0 Å². The third kappa shape index (κ3) is 4.84. The van der Waals surface area contributed by atoms with Crippen LogP contribution in [-0.4, -0.2) is 55.0 Å². The molecule has 0 aromatic heterocycles. The molecule has 1 aliphatic heterocycles. The molecule has 1 fully saturated rings. The molecule has 5 nitrogen and oxygen atoms in total. The minimum absolute atomic E-state index is 0.0175. The summed E-state index contributed by atoms with van der Waals surface area (Å²) in [5, 5.41) is 0. The van der Waals surface area contributed by atoms with Crippen LogP contribution in [0, 0.1) is 0 Å². The highest BCUT2D eigenvalue weighted by Gasteiger charge is 2.23. The largest absolute Gasteiger partial charge is 0.383 e. The Balaban J connectivity index is 1.97. The predicted molar refractivity (Wildman–Crippen MR) is 84.2 cm³/mol. The van der Waals surface area contributed by atoms with Gasteiger partial charge in [-0.15, -0.1) is 0 Å². The van der Waals surface area contributed by atoms with Crippen molar-refractivity contribution in [2.24, 2.45) is 0 Å². The van der Waals surface area contributed by atoms with Crippen molar-refractivity contribution in [3.63, 3.8) is 0 Å². The molecule has 0 N–H and O–H groups in total. The Bertz CT molecular complexity index is 490. The van der Waals surface area contributed by atoms with Crippen LogP contribution in [0.3, 0.4) is 0 Å². The molecule has 5 heteroatoms. The lowest BCUT2D eigenvalue weighted by atomic mass is 10.1. The van der Waals surface area contributed by atoms with Gasteiger partial charge in [-0.3, -0.25) is 9.59 Å². The molecule has 2 rings (SSSR count). The van der Waals surface area contributed by atoms with Gasteiger partial charge < -0.3 is 14.5 Å². The van der Waals surface area contributed by atoms with E-state index in [4.69, 9.17) is 4.74 Å². The van der Waals surface area contributed by atoms with Gasteiger partial charge in [0.15, 0.2) is 0 Å². The number of likely N-dealkylation sites (tertiary alicyclic amines) is 1. The first kappa shape index (κ1) is 16.5. The van der Waals surface area contributed by atoms with Gasteiger partial charge in [-0.25, -0.2) is 0 Å². The Labute approximate surface area is 131 Å². The van der Waals surface area contributed by atoms with E-state index in [0.717, 1.165) is 18.4 Å². The molecule has 1 aromatic rings. The van der Waals surface area contributed by atoms with Crippen LogP contribution in [0.4, 0.5) is 0 Å². The van der Waals surface area contributed by atoms with Crippen molar-refractivity contribution >= 4 is 11.8 Å². The lowest BCUT2D eigenvalue weighted by Gasteiger charge is -2.29. The van der Waals surface area contributed by atoms with Crippen molar-refractivity contribution in [3.8, 4) is 0 Å². The first-order valence-corrected chi connectivity index (χ1v) is 7.79. The zero-order chi connectivity index (χ0) is 15.8. The summed E-state index contributed by atoms with van der Waals surface area (Å²) in [6, 6.07) is 9.88. The highest BCUT2D eigenvalue weighted by molar-refractivity contribution is 5.85. The van der Waals surface area contributed by atoms with Crippen LogP contribution >= 0.6 is 0 Å². The second-order valence-corrected chi connectivity index (χ2v) is 5.57. The molecule has 22 heavy (non-hydrogen) atoms. The topological polar surface area (TPSA) is 49.9 Å². The number of piperidine rings is 1. The van der Waals surface area contributed by atoms with E-state index in [-0.39, 0.29) is 18.4 Å². The monoisotopic (exact) mass is 304 g/mol. The predicted octanol–water partition coefficient (Wildman–Crippen LogP) is 1.67. The number of carbonyl (C=O) groups is 2. The summed E-state index contributed by atoms with van der Waals surface area (Å²) in [6.07, 6.45) is 2.47. The van der Waals surface area contributed by atoms with Gasteiger partial charge in [0.05, 0.1) is 13.2 Å². The SMILES string of the molecule is COCCN(Cc1ccccc1)C(=O)CN1CCCCC1=O. The maximum Gasteiger partial charge on any atom is 0.242 e. The number of nitrogens with zero attached hydrogens (tertiary/aromatic N) is 2. The Kier molecular flexibility index (Phi) is 6.40. The number of hydrogen-bond acceptors (Lipinski definition) is 3. The standard InChI is InChI=1S/C17H24N2O3/c1-22-12-11-19(13-15-7-3-2-4-8-15)17(21)14-18-10-6-5-9-16(18)20/h2-4,7-8H,5-6,9-14H2,1H3. The molecule has 2 amide bonds. The van der Waals surface area contributed by atoms with E-state index in [1.807, 2.05) is 30.3 Å². The maximum absolute atomic E-state index is 12.5. The molecule has 0 unspecified atom stereocenters. The average Bonchev–Trinajstić information content (AvgIpc) is 2.54. The lowest BCUT2D eigenvalue weighted by molar-refractivity contribution is -0.142. The lowest BCUT2D eigenvalue weighted by Crippen LogP contribution is -2.45. The average molecular weight is 304 g/mol. The number of benzene rings is 1. The van der Waals surface area contributed by atoms with Crippen LogP contribution in [0.5, 0.6) is 0 Å². The maximum atomic E-state index is 12.5. The second kappa shape index (κ2) is 8.54. The van der Waals surface area contributed by atoms with Crippen molar-refractivity contribution in [1.29, 1.82) is 0 Å². The summed E-state index contributed by atoms with van der Waals surface area (Å²) in [5.41, 5.74) is 1.08. The van der Waals surface area contributed by atoms with E-state index in [2.05, 4.69) is 0 Å². The fraction of sp³-hybridized carbons (Fsp3) is 0.529. The van der Waals surface area contributed by atoms with Gasteiger partial charge in [0.25, 0.3) is 0 Å². The normalized spacial score (nSPS) is 15.0. The van der Waals surface area contributed by atoms with E-state index in [1.165, 1.54) is 0 Å². The Morgan fingerprint density at radius 1 is 1.27 bits per heavy atom. The van der Waals surface area contributed by atoms with Crippen molar-refractivity contribution < 1.29 is 14.3 Å². The molecular formula is C17H24N2O3. The van der Waals surface area contributed by atoms with Crippen molar-refractivity contribution in [2.75, 3.05) is 33.4 Å². The Hall–Kier alpha value is -1.88. The highest BCUT2D eigenvalue weighted by Crippen LogP contribution is 2.11. The number of amides is 2. The van der Waals surface area contributed by atoms with Gasteiger partial charge in [-0.2, -0.15) is 0 Å². The summed E-state index contributed by atoms with van der Waals surface area (Å²) < 4.78 is 5.10. The highest BCUT2D eigenvalue weighted by atomic mass is 16.5. The Morgan fingerprint density at radius 3 is 2.73 bits per heavy atom. The van der Waals surface area contributed by atoms with E-state index < -0.39 is 0 Å². The number of rotatable bonds is 7. The first-order valence-electron chi connectivity index (χ1n) is 7.79. The van der Waals surface area contributed by atoms with E-state index in [1.54, 1.807) is 16.9 Å². The smallest absolute Gasteiger partial charge is 0.242 e. The van der Waals surface area contributed by atoms with Gasteiger partial charge in [-0.1, -0.05) is 30.3 Å². The Morgan fingerprint density at radius 2 is 2.05 bits per heavy atom. The summed E-state index contributed by atoms with van der Waals surface area (Å²) in [5.74, 6) is 0.0714. The number of ether oxygens (including phenoxy) is 1. The van der Waals surface area contributed by atoms with Gasteiger partial charge in [0.2, 0.25) is 11.8 Å². The van der Waals surface area contributed by atoms with Crippen LogP contribution in [-0.2, 0) is 20.9 Å². The van der Waals surface area contributed by atoms with Gasteiger partial charge in [0, 0.05) is 33.2 Å². The van der Waals surface area contributed by atoms with Crippen LogP contribution in [0.15, 0.2) is 30.3 Å². The molecule has 0 spiro atoms. The zero-order valence-electron chi connectivity index (χ0n) is 13.2. The molecule has 0 aliphatic carbocycles. The first-order chi connectivity index (χ1) is 10.7. The third-order valence-electron chi connectivity index (χ3n) is 3.88. The van der Waals surface area contributed by atoms with Crippen molar-refractivity contribution in [1.82, 2.24) is 9.80 Å². The summed E-state index contributed by atoms with van der Waals surface area (Å²) in [6.45, 7) is 2.44. The summed E-state index contributed by atoms with van der Waals surface area (Å²) >= 11 is 0. The number of methoxy groups -OCH3 is 1. The molecule has 1 aromatic carbocycles. The molecular weight excluding hydrogens is 280 g/mol. The molecule has 120 valence electrons. The zero-order valence-corrected chi connectivity index (χ0v) is 13.2. The third-order valence-corrected chi connectivity index (χ3v) is 3.88. The molecule has 0 atom stereocenters. The molecule has 0 radical (unpaired) electrons. The second-order valence-electron chi connectivity index (χ2n) is 5.57. The summed E-state index contributed by atoms with van der Waals surface area (Å²) in [7, 11) is 1.62. The van der Waals surface area contributed by atoms with Crippen LogP contribution < -0.4 is 0 Å². The minimum Gasteiger partial charge on any atom is -0.383 e. The molecule has 0 saturated carbocycles. The fourth-order valence-electron chi connectivity index (χ4n) is 2.59. The van der Waals surface area contributed by atoms with Crippen LogP contribution in [0.25, 0.3) is 0 Å². The molecule has 1 aliphatic rings. The molecule has 0 bridgehead atoms. The van der Waals surface area contributed by atoms with Crippen LogP contribution in [0.2, 0.25) is 0 Å². The van der Waals surface area contributed by atoms with Crippen LogP contribution in [0.1, 0.15) is 24.8 Å².